The molecule has 2 aromatic carbocycles. The molecule has 0 saturated carbocycles. The van der Waals surface area contributed by atoms with Crippen LogP contribution in [0, 0.1) is 0 Å². The Morgan fingerprint density at radius 1 is 1.18 bits per heavy atom. The predicted molar refractivity (Wildman–Crippen MR) is 131 cm³/mol. The first-order chi connectivity index (χ1) is 16.0. The van der Waals surface area contributed by atoms with Crippen molar-refractivity contribution in [1.29, 1.82) is 0 Å². The molecule has 1 fully saturated rings. The van der Waals surface area contributed by atoms with Gasteiger partial charge in [-0.05, 0) is 55.0 Å². The summed E-state index contributed by atoms with van der Waals surface area (Å²) in [6.07, 6.45) is 3.28. The highest BCUT2D eigenvalue weighted by Gasteiger charge is 2.32. The number of nitrogens with zero attached hydrogens (tertiary/aromatic N) is 1. The van der Waals surface area contributed by atoms with E-state index >= 15 is 0 Å². The Labute approximate surface area is 205 Å². The topological polar surface area (TPSA) is 69.0 Å². The number of hydrogen-bond donors (Lipinski definition) is 0. The molecular formula is C24H18ClNO5S2. The summed E-state index contributed by atoms with van der Waals surface area (Å²) < 4.78 is 17.0. The average Bonchev–Trinajstić information content (AvgIpc) is 3.40. The molecule has 33 heavy (non-hydrogen) atoms. The number of ether oxygens (including phenoxy) is 2. The van der Waals surface area contributed by atoms with Gasteiger partial charge in [-0.2, -0.15) is 0 Å². The molecule has 168 valence electrons. The largest absolute Gasteiger partial charge is 0.490 e. The number of carbonyl (C=O) groups is 2. The van der Waals surface area contributed by atoms with Crippen molar-refractivity contribution in [1.82, 2.24) is 4.90 Å². The zero-order valence-corrected chi connectivity index (χ0v) is 19.8. The second-order valence-electron chi connectivity index (χ2n) is 6.86. The molecular weight excluding hydrogens is 482 g/mol. The van der Waals surface area contributed by atoms with E-state index in [-0.39, 0.29) is 23.8 Å². The summed E-state index contributed by atoms with van der Waals surface area (Å²) in [6, 6.07) is 15.3. The summed E-state index contributed by atoms with van der Waals surface area (Å²) in [6.45, 7) is 2.47. The quantitative estimate of drug-likeness (QED) is 0.172. The minimum absolute atomic E-state index is 0.200. The van der Waals surface area contributed by atoms with E-state index in [1.165, 1.54) is 16.7 Å². The van der Waals surface area contributed by atoms with E-state index in [0.717, 1.165) is 0 Å². The average molecular weight is 500 g/mol. The van der Waals surface area contributed by atoms with Gasteiger partial charge in [0.25, 0.3) is 5.91 Å². The van der Waals surface area contributed by atoms with Gasteiger partial charge in [-0.3, -0.25) is 9.69 Å². The molecule has 6 nitrogen and oxygen atoms in total. The third-order valence-electron chi connectivity index (χ3n) is 4.63. The van der Waals surface area contributed by atoms with Gasteiger partial charge in [0.2, 0.25) is 0 Å². The molecule has 1 amide bonds. The molecule has 1 aliphatic rings. The molecule has 1 aliphatic heterocycles. The molecule has 2 heterocycles. The maximum atomic E-state index is 12.9. The first-order valence-electron chi connectivity index (χ1n) is 9.97. The minimum atomic E-state index is -0.590. The predicted octanol–water partition coefficient (Wildman–Crippen LogP) is 5.95. The van der Waals surface area contributed by atoms with Crippen LogP contribution in [0.15, 0.2) is 70.2 Å². The first kappa shape index (κ1) is 23.1. The van der Waals surface area contributed by atoms with Crippen LogP contribution in [0.25, 0.3) is 6.08 Å². The molecule has 9 heteroatoms. The zero-order valence-electron chi connectivity index (χ0n) is 17.4. The molecule has 0 radical (unpaired) electrons. The smallest absolute Gasteiger partial charge is 0.345 e. The Morgan fingerprint density at radius 3 is 2.73 bits per heavy atom. The fourth-order valence-electron chi connectivity index (χ4n) is 3.09. The first-order valence-corrected chi connectivity index (χ1v) is 11.6. The maximum Gasteiger partial charge on any atom is 0.345 e. The fourth-order valence-corrected chi connectivity index (χ4v) is 4.56. The van der Waals surface area contributed by atoms with E-state index < -0.39 is 5.97 Å². The van der Waals surface area contributed by atoms with E-state index in [9.17, 15) is 9.59 Å². The second kappa shape index (κ2) is 10.2. The Bertz CT molecular complexity index is 1240. The van der Waals surface area contributed by atoms with Crippen molar-refractivity contribution in [3.05, 3.63) is 87.7 Å². The van der Waals surface area contributed by atoms with Crippen molar-refractivity contribution in [2.24, 2.45) is 0 Å². The van der Waals surface area contributed by atoms with Crippen LogP contribution in [0.2, 0.25) is 5.02 Å². The van der Waals surface area contributed by atoms with Gasteiger partial charge in [-0.15, -0.1) is 0 Å². The van der Waals surface area contributed by atoms with Gasteiger partial charge >= 0.3 is 5.97 Å². The number of halogens is 1. The third kappa shape index (κ3) is 5.30. The van der Waals surface area contributed by atoms with Crippen LogP contribution in [-0.4, -0.2) is 27.7 Å². The Morgan fingerprint density at radius 2 is 2.00 bits per heavy atom. The van der Waals surface area contributed by atoms with Gasteiger partial charge in [0.15, 0.2) is 11.5 Å². The second-order valence-corrected chi connectivity index (χ2v) is 8.94. The number of amides is 1. The lowest BCUT2D eigenvalue weighted by atomic mass is 10.1. The van der Waals surface area contributed by atoms with Crippen LogP contribution in [0.3, 0.4) is 0 Å². The number of benzene rings is 2. The van der Waals surface area contributed by atoms with Crippen molar-refractivity contribution >= 4 is 57.9 Å². The standard InChI is InChI=1S/C24H18ClNO5S2/c1-2-29-20-12-15(9-10-19(20)31-23(28)17-7-3-4-8-18(17)25)13-21-22(27)26(24(32)33-21)14-16-6-5-11-30-16/h3-13H,2,14H2,1H3/b21-13-. The molecule has 0 spiro atoms. The van der Waals surface area contributed by atoms with Crippen LogP contribution in [0.5, 0.6) is 11.5 Å². The van der Waals surface area contributed by atoms with E-state index in [1.807, 2.05) is 6.92 Å². The number of esters is 1. The summed E-state index contributed by atoms with van der Waals surface area (Å²) >= 11 is 12.7. The summed E-state index contributed by atoms with van der Waals surface area (Å²) in [5.74, 6) is 0.486. The molecule has 0 atom stereocenters. The summed E-state index contributed by atoms with van der Waals surface area (Å²) in [4.78, 5) is 27.4. The van der Waals surface area contributed by atoms with E-state index in [1.54, 1.807) is 66.9 Å². The van der Waals surface area contributed by atoms with Crippen molar-refractivity contribution in [2.45, 2.75) is 13.5 Å². The molecule has 0 N–H and O–H groups in total. The number of carbonyl (C=O) groups excluding carboxylic acids is 2. The normalized spacial score (nSPS) is 14.7. The monoisotopic (exact) mass is 499 g/mol. The van der Waals surface area contributed by atoms with Crippen LogP contribution in [0.4, 0.5) is 0 Å². The molecule has 0 aliphatic carbocycles. The van der Waals surface area contributed by atoms with Gasteiger partial charge < -0.3 is 13.9 Å². The number of thiocarbonyl (C=S) groups is 1. The number of rotatable bonds is 7. The van der Waals surface area contributed by atoms with Crippen LogP contribution < -0.4 is 9.47 Å². The lowest BCUT2D eigenvalue weighted by Gasteiger charge is -2.12. The van der Waals surface area contributed by atoms with Gasteiger partial charge in [-0.1, -0.05) is 53.8 Å². The Balaban J connectivity index is 1.55. The third-order valence-corrected chi connectivity index (χ3v) is 6.34. The highest BCUT2D eigenvalue weighted by molar-refractivity contribution is 8.26. The zero-order chi connectivity index (χ0) is 23.4. The molecule has 0 bridgehead atoms. The van der Waals surface area contributed by atoms with Crippen molar-refractivity contribution in [2.75, 3.05) is 6.61 Å². The van der Waals surface area contributed by atoms with Crippen LogP contribution in [-0.2, 0) is 11.3 Å². The number of furan rings is 1. The molecule has 1 aromatic heterocycles. The van der Waals surface area contributed by atoms with Gasteiger partial charge in [0.1, 0.15) is 10.1 Å². The molecule has 0 unspecified atom stereocenters. The van der Waals surface area contributed by atoms with E-state index in [2.05, 4.69) is 0 Å². The highest BCUT2D eigenvalue weighted by atomic mass is 35.5. The van der Waals surface area contributed by atoms with Crippen molar-refractivity contribution in [3.63, 3.8) is 0 Å². The van der Waals surface area contributed by atoms with Crippen LogP contribution in [0.1, 0.15) is 28.6 Å². The SMILES string of the molecule is CCOc1cc(/C=C2\SC(=S)N(Cc3ccco3)C2=O)ccc1OC(=O)c1ccccc1Cl. The minimum Gasteiger partial charge on any atom is -0.490 e. The van der Waals surface area contributed by atoms with Crippen molar-refractivity contribution < 1.29 is 23.5 Å². The summed E-state index contributed by atoms with van der Waals surface area (Å²) in [5, 5.41) is 0.300. The van der Waals surface area contributed by atoms with E-state index in [0.29, 0.717) is 37.9 Å². The fraction of sp³-hybridized carbons (Fsp3) is 0.125. The van der Waals surface area contributed by atoms with Gasteiger partial charge in [0.05, 0.1) is 34.9 Å². The molecule has 4 rings (SSSR count). The lowest BCUT2D eigenvalue weighted by Crippen LogP contribution is -2.27. The maximum absolute atomic E-state index is 12.9. The number of thioether (sulfide) groups is 1. The molecule has 1 saturated heterocycles. The van der Waals surface area contributed by atoms with Crippen LogP contribution >= 0.6 is 35.6 Å². The van der Waals surface area contributed by atoms with E-state index in [4.69, 9.17) is 37.7 Å². The summed E-state index contributed by atoms with van der Waals surface area (Å²) in [7, 11) is 0. The summed E-state index contributed by atoms with van der Waals surface area (Å²) in [5.41, 5.74) is 0.959. The Kier molecular flexibility index (Phi) is 7.17. The Hall–Kier alpha value is -3.07. The van der Waals surface area contributed by atoms with Gasteiger partial charge in [-0.25, -0.2) is 4.79 Å². The number of hydrogen-bond acceptors (Lipinski definition) is 7. The molecule has 3 aromatic rings. The lowest BCUT2D eigenvalue weighted by molar-refractivity contribution is -0.122. The van der Waals surface area contributed by atoms with Crippen molar-refractivity contribution in [3.8, 4) is 11.5 Å². The highest BCUT2D eigenvalue weighted by Crippen LogP contribution is 2.36. The van der Waals surface area contributed by atoms with Gasteiger partial charge in [0, 0.05) is 0 Å².